The number of carboxylic acids is 1. The van der Waals surface area contributed by atoms with Crippen LogP contribution in [-0.2, 0) is 4.79 Å². The van der Waals surface area contributed by atoms with E-state index >= 15 is 0 Å². The quantitative estimate of drug-likeness (QED) is 0.616. The van der Waals surface area contributed by atoms with Crippen LogP contribution in [0.3, 0.4) is 0 Å². The molecule has 27 heavy (non-hydrogen) atoms. The molecule has 0 bridgehead atoms. The van der Waals surface area contributed by atoms with Crippen LogP contribution in [0.5, 0.6) is 0 Å². The van der Waals surface area contributed by atoms with Crippen molar-refractivity contribution in [2.24, 2.45) is 0 Å². The SMILES string of the molecule is O=C(CN1C(=O)S/C(=C/c2ccccc2)C1=S)Nc1cccc(C(=O)[O-])c1. The number of benzene rings is 2. The summed E-state index contributed by atoms with van der Waals surface area (Å²) in [5, 5.41) is 13.1. The van der Waals surface area contributed by atoms with Gasteiger partial charge in [0.05, 0.1) is 10.9 Å². The first-order valence-electron chi connectivity index (χ1n) is 7.86. The third-order valence-electron chi connectivity index (χ3n) is 3.65. The van der Waals surface area contributed by atoms with Gasteiger partial charge in [-0.25, -0.2) is 0 Å². The largest absolute Gasteiger partial charge is 0.545 e. The lowest BCUT2D eigenvalue weighted by Crippen LogP contribution is -2.35. The normalized spacial score (nSPS) is 15.3. The van der Waals surface area contributed by atoms with Crippen molar-refractivity contribution in [1.29, 1.82) is 0 Å². The van der Waals surface area contributed by atoms with Gasteiger partial charge in [0, 0.05) is 5.69 Å². The minimum absolute atomic E-state index is 0.0517. The lowest BCUT2D eigenvalue weighted by atomic mass is 10.2. The fourth-order valence-corrected chi connectivity index (χ4v) is 3.64. The van der Waals surface area contributed by atoms with Gasteiger partial charge in [-0.2, -0.15) is 0 Å². The lowest BCUT2D eigenvalue weighted by molar-refractivity contribution is -0.255. The zero-order valence-electron chi connectivity index (χ0n) is 13.9. The van der Waals surface area contributed by atoms with Gasteiger partial charge < -0.3 is 15.2 Å². The van der Waals surface area contributed by atoms with Crippen molar-refractivity contribution in [3.05, 3.63) is 70.6 Å². The lowest BCUT2D eigenvalue weighted by Gasteiger charge is -2.15. The minimum atomic E-state index is -1.34. The number of thioether (sulfide) groups is 1. The van der Waals surface area contributed by atoms with Crippen molar-refractivity contribution in [3.63, 3.8) is 0 Å². The Kier molecular flexibility index (Phi) is 5.68. The summed E-state index contributed by atoms with van der Waals surface area (Å²) in [5.74, 6) is -1.82. The highest BCUT2D eigenvalue weighted by Gasteiger charge is 2.33. The molecule has 2 aromatic carbocycles. The molecule has 1 saturated heterocycles. The predicted octanol–water partition coefficient (Wildman–Crippen LogP) is 2.53. The highest BCUT2D eigenvalue weighted by atomic mass is 32.2. The maximum absolute atomic E-state index is 12.2. The predicted molar refractivity (Wildman–Crippen MR) is 106 cm³/mol. The van der Waals surface area contributed by atoms with Gasteiger partial charge in [0.25, 0.3) is 5.24 Å². The standard InChI is InChI=1S/C19H14N2O4S2/c22-16(20-14-8-4-7-13(10-14)18(23)24)11-21-17(26)15(27-19(21)25)9-12-5-2-1-3-6-12/h1-10H,11H2,(H,20,22)(H,23,24)/p-1/b15-9+. The van der Waals surface area contributed by atoms with Gasteiger partial charge in [-0.15, -0.1) is 0 Å². The molecule has 1 N–H and O–H groups in total. The van der Waals surface area contributed by atoms with Crippen LogP contribution in [0.4, 0.5) is 10.5 Å². The maximum Gasteiger partial charge on any atom is 0.292 e. The fourth-order valence-electron chi connectivity index (χ4n) is 2.40. The van der Waals surface area contributed by atoms with Crippen LogP contribution in [0, 0.1) is 0 Å². The van der Waals surface area contributed by atoms with Crippen LogP contribution >= 0.6 is 24.0 Å². The van der Waals surface area contributed by atoms with Crippen LogP contribution in [0.25, 0.3) is 6.08 Å². The van der Waals surface area contributed by atoms with Crippen molar-refractivity contribution in [3.8, 4) is 0 Å². The molecule has 1 aliphatic rings. The second kappa shape index (κ2) is 8.15. The van der Waals surface area contributed by atoms with Crippen LogP contribution in [0.15, 0.2) is 59.5 Å². The van der Waals surface area contributed by atoms with Gasteiger partial charge in [-0.1, -0.05) is 54.7 Å². The Morgan fingerprint density at radius 2 is 1.89 bits per heavy atom. The first-order chi connectivity index (χ1) is 12.9. The Morgan fingerprint density at radius 3 is 2.59 bits per heavy atom. The van der Waals surface area contributed by atoms with E-state index in [1.807, 2.05) is 30.3 Å². The molecule has 0 aromatic heterocycles. The summed E-state index contributed by atoms with van der Waals surface area (Å²) >= 11 is 6.30. The van der Waals surface area contributed by atoms with E-state index in [0.29, 0.717) is 10.6 Å². The highest BCUT2D eigenvalue weighted by molar-refractivity contribution is 8.19. The van der Waals surface area contributed by atoms with Crippen LogP contribution in [0.2, 0.25) is 0 Å². The summed E-state index contributed by atoms with van der Waals surface area (Å²) in [7, 11) is 0. The molecule has 2 amide bonds. The Bertz CT molecular complexity index is 957. The molecule has 6 nitrogen and oxygen atoms in total. The van der Waals surface area contributed by atoms with E-state index in [1.165, 1.54) is 23.1 Å². The highest BCUT2D eigenvalue weighted by Crippen LogP contribution is 2.33. The molecule has 8 heteroatoms. The molecule has 3 rings (SSSR count). The first-order valence-corrected chi connectivity index (χ1v) is 9.08. The molecule has 1 heterocycles. The summed E-state index contributed by atoms with van der Waals surface area (Å²) in [4.78, 5) is 37.5. The number of amides is 2. The molecular weight excluding hydrogens is 384 g/mol. The number of carboxylic acid groups (broad SMARTS) is 1. The van der Waals surface area contributed by atoms with Gasteiger partial charge in [-0.3, -0.25) is 14.5 Å². The Morgan fingerprint density at radius 1 is 1.15 bits per heavy atom. The molecule has 0 aliphatic carbocycles. The Labute approximate surface area is 164 Å². The summed E-state index contributed by atoms with van der Waals surface area (Å²) in [5.41, 5.74) is 1.15. The average Bonchev–Trinajstić information content (AvgIpc) is 2.90. The number of carbonyl (C=O) groups excluding carboxylic acids is 3. The van der Waals surface area contributed by atoms with Gasteiger partial charge >= 0.3 is 0 Å². The van der Waals surface area contributed by atoms with Crippen LogP contribution in [0.1, 0.15) is 15.9 Å². The molecule has 1 aliphatic heterocycles. The number of carbonyl (C=O) groups is 3. The van der Waals surface area contributed by atoms with E-state index in [9.17, 15) is 19.5 Å². The van der Waals surface area contributed by atoms with E-state index in [-0.39, 0.29) is 22.3 Å². The maximum atomic E-state index is 12.2. The van der Waals surface area contributed by atoms with Crippen molar-refractivity contribution in [2.75, 3.05) is 11.9 Å². The Hall–Kier alpha value is -2.97. The smallest absolute Gasteiger partial charge is 0.292 e. The zero-order valence-corrected chi connectivity index (χ0v) is 15.5. The molecule has 136 valence electrons. The number of rotatable bonds is 5. The number of nitrogens with one attached hydrogen (secondary N) is 1. The van der Waals surface area contributed by atoms with Gasteiger partial charge in [0.1, 0.15) is 11.5 Å². The summed E-state index contributed by atoms with van der Waals surface area (Å²) < 4.78 is 0. The number of anilines is 1. The number of aromatic carboxylic acids is 1. The molecule has 0 unspecified atom stereocenters. The van der Waals surface area contributed by atoms with E-state index < -0.39 is 11.9 Å². The summed E-state index contributed by atoms with van der Waals surface area (Å²) in [6.07, 6.45) is 1.80. The van der Waals surface area contributed by atoms with Crippen molar-refractivity contribution in [1.82, 2.24) is 4.90 Å². The molecule has 0 atom stereocenters. The number of hydrogen-bond donors (Lipinski definition) is 1. The van der Waals surface area contributed by atoms with Crippen molar-refractivity contribution >= 4 is 57.8 Å². The minimum Gasteiger partial charge on any atom is -0.545 e. The van der Waals surface area contributed by atoms with Gasteiger partial charge in [0.15, 0.2) is 0 Å². The molecule has 0 radical (unpaired) electrons. The third kappa shape index (κ3) is 4.60. The molecular formula is C19H13N2O4S2-. The first kappa shape index (κ1) is 18.8. The summed E-state index contributed by atoms with van der Waals surface area (Å²) in [6.45, 7) is -0.258. The van der Waals surface area contributed by atoms with E-state index in [0.717, 1.165) is 17.3 Å². The monoisotopic (exact) mass is 397 g/mol. The molecule has 0 saturated carbocycles. The average molecular weight is 397 g/mol. The van der Waals surface area contributed by atoms with Crippen LogP contribution < -0.4 is 10.4 Å². The zero-order chi connectivity index (χ0) is 19.4. The molecule has 0 spiro atoms. The van der Waals surface area contributed by atoms with E-state index in [4.69, 9.17) is 12.2 Å². The van der Waals surface area contributed by atoms with E-state index in [2.05, 4.69) is 5.32 Å². The second-order valence-electron chi connectivity index (χ2n) is 5.59. The van der Waals surface area contributed by atoms with Gasteiger partial charge in [-0.05, 0) is 41.1 Å². The molecule has 1 fully saturated rings. The van der Waals surface area contributed by atoms with Crippen LogP contribution in [-0.4, -0.2) is 33.5 Å². The Balaban J connectivity index is 1.68. The second-order valence-corrected chi connectivity index (χ2v) is 6.97. The third-order valence-corrected chi connectivity index (χ3v) is 5.15. The van der Waals surface area contributed by atoms with E-state index in [1.54, 1.807) is 12.1 Å². The topological polar surface area (TPSA) is 89.5 Å². The number of hydrogen-bond acceptors (Lipinski definition) is 6. The summed E-state index contributed by atoms with van der Waals surface area (Å²) in [6, 6.07) is 15.1. The molecule has 2 aromatic rings. The number of nitrogens with zero attached hydrogens (tertiary/aromatic N) is 1. The van der Waals surface area contributed by atoms with Crippen molar-refractivity contribution in [2.45, 2.75) is 0 Å². The van der Waals surface area contributed by atoms with Crippen molar-refractivity contribution < 1.29 is 19.5 Å². The van der Waals surface area contributed by atoms with Gasteiger partial charge in [0.2, 0.25) is 5.91 Å². The number of thiocarbonyl (C=S) groups is 1. The fraction of sp³-hybridized carbons (Fsp3) is 0.0526.